The number of alkyl halides is 2. The minimum Gasteiger partial charge on any atom is -0.496 e. The average molecular weight is 543 g/mol. The molecule has 0 unspecified atom stereocenters. The summed E-state index contributed by atoms with van der Waals surface area (Å²) in [6.45, 7) is 3.28. The largest absolute Gasteiger partial charge is 0.496 e. The number of amides is 1. The van der Waals surface area contributed by atoms with Gasteiger partial charge in [-0.25, -0.2) is 13.2 Å². The van der Waals surface area contributed by atoms with Crippen LogP contribution in [0.3, 0.4) is 0 Å². The van der Waals surface area contributed by atoms with Crippen molar-refractivity contribution in [3.63, 3.8) is 0 Å². The molecule has 0 aliphatic heterocycles. The normalized spacial score (nSPS) is 11.4. The number of aryl methyl sites for hydroxylation is 1. The third-order valence-electron chi connectivity index (χ3n) is 5.36. The number of benzene rings is 2. The number of guanidine groups is 1. The van der Waals surface area contributed by atoms with Gasteiger partial charge in [-0.2, -0.15) is 0 Å². The molecule has 2 rings (SSSR count). The molecular formula is C24H30BrF3N4O2. The molecule has 0 saturated carbocycles. The average Bonchev–Trinajstić information content (AvgIpc) is 2.80. The van der Waals surface area contributed by atoms with E-state index in [0.717, 1.165) is 10.0 Å². The fourth-order valence-corrected chi connectivity index (χ4v) is 3.91. The van der Waals surface area contributed by atoms with Gasteiger partial charge in [0.05, 0.1) is 20.2 Å². The van der Waals surface area contributed by atoms with Crippen LogP contribution in [0, 0.1) is 11.2 Å². The first-order valence-electron chi connectivity index (χ1n) is 10.9. The second kappa shape index (κ2) is 12.8. The molecule has 1 amide bonds. The maximum Gasteiger partial charge on any atom is 0.277 e. The lowest BCUT2D eigenvalue weighted by atomic mass is 9.98. The quantitative estimate of drug-likeness (QED) is 0.286. The fraction of sp³-hybridized carbons (Fsp3) is 0.417. The Hall–Kier alpha value is -2.59. The first kappa shape index (κ1) is 27.7. The van der Waals surface area contributed by atoms with E-state index in [2.05, 4.69) is 26.6 Å². The van der Waals surface area contributed by atoms with Crippen molar-refractivity contribution in [3.8, 4) is 5.75 Å². The molecule has 2 aromatic rings. The maximum absolute atomic E-state index is 14.6. The summed E-state index contributed by atoms with van der Waals surface area (Å²) in [5.74, 6) is -4.34. The Morgan fingerprint density at radius 2 is 1.88 bits per heavy atom. The van der Waals surface area contributed by atoms with Crippen LogP contribution in [-0.4, -0.2) is 56.0 Å². The molecule has 10 heteroatoms. The Morgan fingerprint density at radius 1 is 1.18 bits per heavy atom. The molecule has 0 saturated heterocycles. The highest BCUT2D eigenvalue weighted by Gasteiger charge is 2.31. The smallest absolute Gasteiger partial charge is 0.277 e. The van der Waals surface area contributed by atoms with E-state index in [-0.39, 0.29) is 17.5 Å². The van der Waals surface area contributed by atoms with Gasteiger partial charge in [-0.05, 0) is 61.8 Å². The Labute approximate surface area is 206 Å². The minimum absolute atomic E-state index is 0.0374. The van der Waals surface area contributed by atoms with Gasteiger partial charge in [0.15, 0.2) is 5.96 Å². The summed E-state index contributed by atoms with van der Waals surface area (Å²) in [6.07, 6.45) is 0.599. The zero-order valence-electron chi connectivity index (χ0n) is 19.5. The van der Waals surface area contributed by atoms with Crippen LogP contribution in [0.25, 0.3) is 0 Å². The van der Waals surface area contributed by atoms with Gasteiger partial charge in [0.2, 0.25) is 0 Å². The SMILES string of the molecule is CCN(CC)CC(F)(F)CNC(=N)NC(=O)c1cccc(F)c1CCc1cc(Br)ccc1OC. The molecule has 6 nitrogen and oxygen atoms in total. The van der Waals surface area contributed by atoms with Crippen LogP contribution in [0.4, 0.5) is 13.2 Å². The predicted octanol–water partition coefficient (Wildman–Crippen LogP) is 4.61. The Morgan fingerprint density at radius 3 is 2.53 bits per heavy atom. The molecule has 3 N–H and O–H groups in total. The van der Waals surface area contributed by atoms with E-state index in [1.165, 1.54) is 18.2 Å². The van der Waals surface area contributed by atoms with Crippen LogP contribution in [-0.2, 0) is 12.8 Å². The van der Waals surface area contributed by atoms with Gasteiger partial charge in [0, 0.05) is 15.6 Å². The van der Waals surface area contributed by atoms with Crippen molar-refractivity contribution in [2.24, 2.45) is 0 Å². The van der Waals surface area contributed by atoms with Gasteiger partial charge in [0.25, 0.3) is 11.8 Å². The van der Waals surface area contributed by atoms with Crippen molar-refractivity contribution in [2.45, 2.75) is 32.6 Å². The van der Waals surface area contributed by atoms with Crippen LogP contribution in [0.15, 0.2) is 40.9 Å². The van der Waals surface area contributed by atoms with Crippen molar-refractivity contribution in [2.75, 3.05) is 33.3 Å². The molecule has 0 radical (unpaired) electrons. The van der Waals surface area contributed by atoms with E-state index in [9.17, 15) is 18.0 Å². The van der Waals surface area contributed by atoms with Gasteiger partial charge in [-0.3, -0.25) is 20.4 Å². The zero-order chi connectivity index (χ0) is 25.3. The van der Waals surface area contributed by atoms with Gasteiger partial charge in [-0.1, -0.05) is 35.8 Å². The van der Waals surface area contributed by atoms with Crippen molar-refractivity contribution < 1.29 is 22.7 Å². The minimum atomic E-state index is -3.09. The Balaban J connectivity index is 2.06. The number of nitrogens with one attached hydrogen (secondary N) is 3. The predicted molar refractivity (Wildman–Crippen MR) is 130 cm³/mol. The van der Waals surface area contributed by atoms with Gasteiger partial charge in [0.1, 0.15) is 11.6 Å². The van der Waals surface area contributed by atoms with Crippen LogP contribution >= 0.6 is 15.9 Å². The number of hydrogen-bond donors (Lipinski definition) is 3. The monoisotopic (exact) mass is 542 g/mol. The molecule has 0 atom stereocenters. The molecule has 0 spiro atoms. The molecule has 0 heterocycles. The number of ether oxygens (including phenoxy) is 1. The Bertz CT molecular complexity index is 1000. The van der Waals surface area contributed by atoms with E-state index in [1.54, 1.807) is 31.9 Å². The fourth-order valence-electron chi connectivity index (χ4n) is 3.50. The van der Waals surface area contributed by atoms with Gasteiger partial charge >= 0.3 is 0 Å². The first-order valence-corrected chi connectivity index (χ1v) is 11.7. The third kappa shape index (κ3) is 8.02. The lowest BCUT2D eigenvalue weighted by Gasteiger charge is -2.25. The first-order chi connectivity index (χ1) is 16.1. The van der Waals surface area contributed by atoms with Crippen LogP contribution in [0.2, 0.25) is 0 Å². The third-order valence-corrected chi connectivity index (χ3v) is 5.86. The van der Waals surface area contributed by atoms with Crippen LogP contribution < -0.4 is 15.4 Å². The van der Waals surface area contributed by atoms with E-state index in [0.29, 0.717) is 25.3 Å². The summed E-state index contributed by atoms with van der Waals surface area (Å²) in [7, 11) is 1.54. The van der Waals surface area contributed by atoms with E-state index < -0.39 is 36.7 Å². The number of nitrogens with zero attached hydrogens (tertiary/aromatic N) is 1. The number of methoxy groups -OCH3 is 1. The van der Waals surface area contributed by atoms with Crippen molar-refractivity contribution in [1.29, 1.82) is 5.41 Å². The summed E-state index contributed by atoms with van der Waals surface area (Å²) in [6, 6.07) is 9.56. The molecule has 186 valence electrons. The zero-order valence-corrected chi connectivity index (χ0v) is 21.1. The highest BCUT2D eigenvalue weighted by molar-refractivity contribution is 9.10. The number of rotatable bonds is 11. The number of halogens is 4. The highest BCUT2D eigenvalue weighted by Crippen LogP contribution is 2.25. The lowest BCUT2D eigenvalue weighted by Crippen LogP contribution is -2.49. The number of carbonyl (C=O) groups is 1. The second-order valence-electron chi connectivity index (χ2n) is 7.72. The van der Waals surface area contributed by atoms with Crippen LogP contribution in [0.5, 0.6) is 5.75 Å². The van der Waals surface area contributed by atoms with E-state index in [1.807, 2.05) is 12.1 Å². The molecule has 0 aromatic heterocycles. The van der Waals surface area contributed by atoms with E-state index in [4.69, 9.17) is 10.1 Å². The summed E-state index contributed by atoms with van der Waals surface area (Å²) >= 11 is 3.40. The summed E-state index contributed by atoms with van der Waals surface area (Å²) in [5, 5.41) is 12.3. The second-order valence-corrected chi connectivity index (χ2v) is 8.64. The topological polar surface area (TPSA) is 77.5 Å². The molecular weight excluding hydrogens is 513 g/mol. The maximum atomic E-state index is 14.6. The summed E-state index contributed by atoms with van der Waals surface area (Å²) in [4.78, 5) is 14.3. The molecule has 2 aromatic carbocycles. The Kier molecular flexibility index (Phi) is 10.4. The van der Waals surface area contributed by atoms with Crippen LogP contribution in [0.1, 0.15) is 35.3 Å². The highest BCUT2D eigenvalue weighted by atomic mass is 79.9. The van der Waals surface area contributed by atoms with Gasteiger partial charge < -0.3 is 10.1 Å². The summed E-state index contributed by atoms with van der Waals surface area (Å²) in [5.41, 5.74) is 1.04. The molecule has 0 bridgehead atoms. The summed E-state index contributed by atoms with van der Waals surface area (Å²) < 4.78 is 49.1. The lowest BCUT2D eigenvalue weighted by molar-refractivity contribution is -0.0251. The van der Waals surface area contributed by atoms with Crippen molar-refractivity contribution in [3.05, 3.63) is 63.4 Å². The molecule has 0 fully saturated rings. The standard InChI is InChI=1S/C24H30BrF3N4O2/c1-4-32(5-2)15-24(27,28)14-30-23(29)31-22(33)19-7-6-8-20(26)18(19)11-9-16-13-17(25)10-12-21(16)34-3/h6-8,10,12-13H,4-5,9,11,14-15H2,1-3H3,(H3,29,30,31,33). The number of carbonyl (C=O) groups excluding carboxylic acids is 1. The molecule has 34 heavy (non-hydrogen) atoms. The number of hydrogen-bond acceptors (Lipinski definition) is 4. The molecule has 0 aliphatic rings. The molecule has 0 aliphatic carbocycles. The van der Waals surface area contributed by atoms with E-state index >= 15 is 0 Å². The van der Waals surface area contributed by atoms with Gasteiger partial charge in [-0.15, -0.1) is 0 Å². The van der Waals surface area contributed by atoms with Crippen molar-refractivity contribution >= 4 is 27.8 Å². The van der Waals surface area contributed by atoms with Crippen molar-refractivity contribution in [1.82, 2.24) is 15.5 Å².